The smallest absolute Gasteiger partial charge is 0.410 e. The number of ether oxygens (including phenoxy) is 1. The van der Waals surface area contributed by atoms with Gasteiger partial charge in [0.1, 0.15) is 6.61 Å². The van der Waals surface area contributed by atoms with Crippen molar-refractivity contribution in [3.05, 3.63) is 59.7 Å². The summed E-state index contributed by atoms with van der Waals surface area (Å²) in [5, 5.41) is 50.2. The zero-order valence-electron chi connectivity index (χ0n) is 27.5. The molecule has 0 unspecified atom stereocenters. The standard InChI is InChI=1S/C34H43N5O11/c40-27-17-39(34(49)50-21-26-24-7-3-1-5-22(24)23-6-2-4-8-25(23)26)32(33(47)48)31(27)38-15-13-36(19-29(43)44)11-9-35(18-28(41)42)10-12-37(14-16-38)20-30(45)46/h1-8,26-27,31-32,40H,9-21H2,(H,41,42)(H,43,44)(H,45,46)(H,47,48)/t27-,31+,32-/m0/s1. The van der Waals surface area contributed by atoms with Crippen molar-refractivity contribution < 1.29 is 54.2 Å². The first-order chi connectivity index (χ1) is 23.9. The maximum Gasteiger partial charge on any atom is 0.410 e. The topological polar surface area (TPSA) is 212 Å². The minimum Gasteiger partial charge on any atom is -0.480 e. The molecule has 0 bridgehead atoms. The van der Waals surface area contributed by atoms with Gasteiger partial charge >= 0.3 is 30.0 Å². The SMILES string of the molecule is O=C(O)CN1CCN(CC(=O)O)CCN([C@H]2[C@@H](C(=O)O)N(C(=O)OCC3c4ccccc4-c4ccccc43)C[C@@H]2O)CCN(CC(=O)O)CC1. The Hall–Kier alpha value is -4.61. The number of rotatable bonds is 10. The molecule has 3 aliphatic rings. The van der Waals surface area contributed by atoms with Crippen LogP contribution in [-0.4, -0.2) is 183 Å². The van der Waals surface area contributed by atoms with E-state index in [1.807, 2.05) is 48.5 Å². The van der Waals surface area contributed by atoms with Gasteiger partial charge < -0.3 is 30.3 Å². The van der Waals surface area contributed by atoms with Crippen LogP contribution in [0.2, 0.25) is 0 Å². The van der Waals surface area contributed by atoms with Crippen LogP contribution in [0.1, 0.15) is 17.0 Å². The minimum absolute atomic E-state index is 0.0482. The average molecular weight is 698 g/mol. The number of amides is 1. The maximum absolute atomic E-state index is 13.6. The third-order valence-electron chi connectivity index (χ3n) is 9.63. The predicted octanol–water partition coefficient (Wildman–Crippen LogP) is -0.0908. The van der Waals surface area contributed by atoms with E-state index in [1.54, 1.807) is 19.6 Å². The van der Waals surface area contributed by atoms with E-state index in [4.69, 9.17) is 4.74 Å². The molecule has 2 aliphatic heterocycles. The van der Waals surface area contributed by atoms with E-state index in [0.717, 1.165) is 27.2 Å². The van der Waals surface area contributed by atoms with Crippen LogP contribution >= 0.6 is 0 Å². The molecule has 0 spiro atoms. The van der Waals surface area contributed by atoms with Gasteiger partial charge in [0.25, 0.3) is 0 Å². The Morgan fingerprint density at radius 2 is 1.06 bits per heavy atom. The summed E-state index contributed by atoms with van der Waals surface area (Å²) in [4.78, 5) is 68.7. The molecular weight excluding hydrogens is 654 g/mol. The summed E-state index contributed by atoms with van der Waals surface area (Å²) in [7, 11) is 0. The van der Waals surface area contributed by atoms with Crippen LogP contribution in [0.4, 0.5) is 4.79 Å². The van der Waals surface area contributed by atoms with Crippen molar-refractivity contribution in [2.75, 3.05) is 85.1 Å². The van der Waals surface area contributed by atoms with Gasteiger partial charge in [-0.25, -0.2) is 9.59 Å². The summed E-state index contributed by atoms with van der Waals surface area (Å²) >= 11 is 0. The number of carbonyl (C=O) groups excluding carboxylic acids is 1. The monoisotopic (exact) mass is 697 g/mol. The molecule has 270 valence electrons. The molecule has 16 heteroatoms. The molecule has 50 heavy (non-hydrogen) atoms. The van der Waals surface area contributed by atoms with Gasteiger partial charge in [-0.15, -0.1) is 0 Å². The van der Waals surface area contributed by atoms with Crippen molar-refractivity contribution in [2.45, 2.75) is 24.1 Å². The van der Waals surface area contributed by atoms with Gasteiger partial charge in [-0.05, 0) is 22.3 Å². The summed E-state index contributed by atoms with van der Waals surface area (Å²) in [6.45, 7) is -0.268. The Balaban J connectivity index is 1.35. The van der Waals surface area contributed by atoms with Crippen molar-refractivity contribution in [2.24, 2.45) is 0 Å². The molecule has 5 rings (SSSR count). The molecule has 2 aromatic rings. The molecule has 16 nitrogen and oxygen atoms in total. The number of benzene rings is 2. The number of fused-ring (bicyclic) bond motifs is 3. The Bertz CT molecular complexity index is 1500. The predicted molar refractivity (Wildman–Crippen MR) is 177 cm³/mol. The van der Waals surface area contributed by atoms with Gasteiger partial charge in [0.05, 0.1) is 38.3 Å². The van der Waals surface area contributed by atoms with E-state index >= 15 is 0 Å². The summed E-state index contributed by atoms with van der Waals surface area (Å²) in [5.41, 5.74) is 4.03. The number of hydrogen-bond acceptors (Lipinski definition) is 11. The first kappa shape index (κ1) is 36.7. The normalized spacial score (nSPS) is 23.0. The third-order valence-corrected chi connectivity index (χ3v) is 9.63. The Morgan fingerprint density at radius 3 is 1.48 bits per heavy atom. The van der Waals surface area contributed by atoms with Gasteiger partial charge in [0.15, 0.2) is 6.04 Å². The lowest BCUT2D eigenvalue weighted by Crippen LogP contribution is -2.57. The van der Waals surface area contributed by atoms with E-state index in [9.17, 15) is 49.5 Å². The van der Waals surface area contributed by atoms with Gasteiger partial charge in [-0.1, -0.05) is 48.5 Å². The number of aliphatic hydroxyl groups is 1. The lowest BCUT2D eigenvalue weighted by molar-refractivity contribution is -0.144. The van der Waals surface area contributed by atoms with Crippen LogP contribution in [0.5, 0.6) is 0 Å². The van der Waals surface area contributed by atoms with Gasteiger partial charge in [-0.3, -0.25) is 38.9 Å². The van der Waals surface area contributed by atoms with E-state index in [0.29, 0.717) is 0 Å². The van der Waals surface area contributed by atoms with Crippen molar-refractivity contribution in [3.8, 4) is 11.1 Å². The molecule has 2 saturated heterocycles. The number of hydrogen-bond donors (Lipinski definition) is 5. The second-order valence-corrected chi connectivity index (χ2v) is 12.8. The maximum atomic E-state index is 13.6. The van der Waals surface area contributed by atoms with Gasteiger partial charge in [0.2, 0.25) is 0 Å². The number of likely N-dealkylation sites (tertiary alicyclic amines) is 1. The lowest BCUT2D eigenvalue weighted by Gasteiger charge is -2.37. The molecule has 0 saturated carbocycles. The summed E-state index contributed by atoms with van der Waals surface area (Å²) in [6, 6.07) is 13.0. The number of aliphatic carboxylic acids is 4. The quantitative estimate of drug-likeness (QED) is 0.220. The molecule has 3 atom stereocenters. The Morgan fingerprint density at radius 1 is 0.640 bits per heavy atom. The molecule has 5 N–H and O–H groups in total. The number of nitrogens with zero attached hydrogens (tertiary/aromatic N) is 5. The highest BCUT2D eigenvalue weighted by atomic mass is 16.6. The molecule has 2 aromatic carbocycles. The zero-order valence-corrected chi connectivity index (χ0v) is 27.5. The molecule has 1 aliphatic carbocycles. The van der Waals surface area contributed by atoms with Crippen LogP contribution in [0.25, 0.3) is 11.1 Å². The number of carboxylic acid groups (broad SMARTS) is 4. The van der Waals surface area contributed by atoms with Crippen LogP contribution in [0.3, 0.4) is 0 Å². The van der Waals surface area contributed by atoms with E-state index in [2.05, 4.69) is 0 Å². The lowest BCUT2D eigenvalue weighted by atomic mass is 9.98. The molecule has 0 aromatic heterocycles. The second kappa shape index (κ2) is 16.4. The van der Waals surface area contributed by atoms with E-state index in [1.165, 1.54) is 0 Å². The van der Waals surface area contributed by atoms with Crippen molar-refractivity contribution >= 4 is 30.0 Å². The van der Waals surface area contributed by atoms with Crippen LogP contribution in [0, 0.1) is 0 Å². The molecule has 2 heterocycles. The van der Waals surface area contributed by atoms with Crippen molar-refractivity contribution in [1.29, 1.82) is 0 Å². The van der Waals surface area contributed by atoms with Crippen molar-refractivity contribution in [3.63, 3.8) is 0 Å². The summed E-state index contributed by atoms with van der Waals surface area (Å²) in [5.74, 6) is -4.91. The largest absolute Gasteiger partial charge is 0.480 e. The fourth-order valence-corrected chi connectivity index (χ4v) is 7.30. The van der Waals surface area contributed by atoms with Gasteiger partial charge in [-0.2, -0.15) is 0 Å². The number of β-amino-alcohol motifs (C(OH)–C–C–N with tert-alkyl or cyclic N) is 1. The molecule has 1 amide bonds. The Kier molecular flexibility index (Phi) is 12.0. The molecule has 0 radical (unpaired) electrons. The van der Waals surface area contributed by atoms with Crippen LogP contribution in [0.15, 0.2) is 48.5 Å². The van der Waals surface area contributed by atoms with Crippen LogP contribution < -0.4 is 0 Å². The first-order valence-electron chi connectivity index (χ1n) is 16.5. The highest BCUT2D eigenvalue weighted by Crippen LogP contribution is 2.44. The number of carboxylic acids is 4. The highest BCUT2D eigenvalue weighted by Gasteiger charge is 2.51. The third kappa shape index (κ3) is 8.75. The van der Waals surface area contributed by atoms with Crippen molar-refractivity contribution in [1.82, 2.24) is 24.5 Å². The van der Waals surface area contributed by atoms with Gasteiger partial charge in [0, 0.05) is 58.3 Å². The Labute approximate surface area is 288 Å². The fourth-order valence-electron chi connectivity index (χ4n) is 7.30. The summed E-state index contributed by atoms with van der Waals surface area (Å²) in [6.07, 6.45) is -2.20. The zero-order chi connectivity index (χ0) is 35.9. The summed E-state index contributed by atoms with van der Waals surface area (Å²) < 4.78 is 5.76. The average Bonchev–Trinajstić information content (AvgIpc) is 3.58. The molecule has 2 fully saturated rings. The fraction of sp³-hybridized carbons (Fsp3) is 0.500. The number of carbonyl (C=O) groups is 5. The van der Waals surface area contributed by atoms with Crippen LogP contribution in [-0.2, 0) is 23.9 Å². The molecular formula is C34H43N5O11. The number of aliphatic hydroxyl groups excluding tert-OH is 1. The van der Waals surface area contributed by atoms with E-state index < -0.39 is 48.2 Å². The minimum atomic E-state index is -1.51. The van der Waals surface area contributed by atoms with E-state index in [-0.39, 0.29) is 91.1 Å². The first-order valence-corrected chi connectivity index (χ1v) is 16.5. The highest BCUT2D eigenvalue weighted by molar-refractivity contribution is 5.83. The second-order valence-electron chi connectivity index (χ2n) is 12.8.